The van der Waals surface area contributed by atoms with Crippen LogP contribution in [0.1, 0.15) is 44.9 Å². The molecule has 0 radical (unpaired) electrons. The molecule has 0 saturated heterocycles. The number of hydrogen-bond donors (Lipinski definition) is 1. The van der Waals surface area contributed by atoms with E-state index in [4.69, 9.17) is 0 Å². The monoisotopic (exact) mass is 231 g/mol. The van der Waals surface area contributed by atoms with Gasteiger partial charge in [0.15, 0.2) is 9.84 Å². The number of sulfone groups is 1. The molecule has 2 aliphatic rings. The quantitative estimate of drug-likeness (QED) is 0.797. The fourth-order valence-electron chi connectivity index (χ4n) is 3.01. The third kappa shape index (κ3) is 1.72. The average molecular weight is 231 g/mol. The summed E-state index contributed by atoms with van der Waals surface area (Å²) in [6.45, 7) is 0.645. The second-order valence-corrected chi connectivity index (χ2v) is 7.64. The molecule has 0 spiro atoms. The zero-order chi connectivity index (χ0) is 10.9. The fraction of sp³-hybridized carbons (Fsp3) is 1.00. The zero-order valence-electron chi connectivity index (χ0n) is 9.46. The summed E-state index contributed by atoms with van der Waals surface area (Å²) >= 11 is 0. The van der Waals surface area contributed by atoms with Crippen molar-refractivity contribution in [2.24, 2.45) is 0 Å². The zero-order valence-corrected chi connectivity index (χ0v) is 10.3. The number of hydrogen-bond acceptors (Lipinski definition) is 3. The van der Waals surface area contributed by atoms with Crippen molar-refractivity contribution >= 4 is 9.84 Å². The molecule has 0 aromatic heterocycles. The molecule has 88 valence electrons. The Balaban J connectivity index is 2.18. The van der Waals surface area contributed by atoms with Crippen LogP contribution >= 0.6 is 0 Å². The first-order valence-corrected chi connectivity index (χ1v) is 7.55. The Kier molecular flexibility index (Phi) is 3.08. The molecule has 2 fully saturated rings. The molecule has 0 heterocycles. The van der Waals surface area contributed by atoms with Gasteiger partial charge in [-0.1, -0.05) is 19.3 Å². The van der Waals surface area contributed by atoms with E-state index in [0.717, 1.165) is 44.9 Å². The van der Waals surface area contributed by atoms with E-state index in [1.165, 1.54) is 0 Å². The molecular weight excluding hydrogens is 210 g/mol. The van der Waals surface area contributed by atoms with E-state index in [-0.39, 0.29) is 5.25 Å². The molecule has 0 aromatic rings. The highest BCUT2D eigenvalue weighted by Crippen LogP contribution is 2.43. The van der Waals surface area contributed by atoms with Crippen LogP contribution in [-0.4, -0.2) is 32.0 Å². The van der Waals surface area contributed by atoms with Crippen LogP contribution in [-0.2, 0) is 9.84 Å². The normalized spacial score (nSPS) is 26.5. The van der Waals surface area contributed by atoms with E-state index >= 15 is 0 Å². The van der Waals surface area contributed by atoms with E-state index in [0.29, 0.717) is 6.54 Å². The van der Waals surface area contributed by atoms with Gasteiger partial charge in [0.2, 0.25) is 0 Å². The van der Waals surface area contributed by atoms with Crippen molar-refractivity contribution in [1.29, 1.82) is 0 Å². The largest absolute Gasteiger partial charge is 0.318 e. The van der Waals surface area contributed by atoms with Gasteiger partial charge in [0.1, 0.15) is 0 Å². The first kappa shape index (κ1) is 11.4. The SMILES string of the molecule is CNCC1(S(=O)(=O)C2CCCC2)CCC1. The lowest BCUT2D eigenvalue weighted by atomic mass is 9.84. The van der Waals surface area contributed by atoms with Crippen LogP contribution in [0.3, 0.4) is 0 Å². The van der Waals surface area contributed by atoms with Crippen LogP contribution in [0.2, 0.25) is 0 Å². The molecule has 0 atom stereocenters. The van der Waals surface area contributed by atoms with Gasteiger partial charge in [0.25, 0.3) is 0 Å². The minimum absolute atomic E-state index is 0.0360. The lowest BCUT2D eigenvalue weighted by molar-refractivity contribution is 0.325. The summed E-state index contributed by atoms with van der Waals surface area (Å²) in [5.74, 6) is 0. The molecule has 15 heavy (non-hydrogen) atoms. The van der Waals surface area contributed by atoms with E-state index in [1.807, 2.05) is 7.05 Å². The molecule has 0 amide bonds. The molecule has 1 N–H and O–H groups in total. The highest BCUT2D eigenvalue weighted by Gasteiger charge is 2.51. The Morgan fingerprint density at radius 2 is 1.80 bits per heavy atom. The summed E-state index contributed by atoms with van der Waals surface area (Å²) in [7, 11) is -1.04. The molecule has 4 heteroatoms. The van der Waals surface area contributed by atoms with E-state index in [2.05, 4.69) is 5.32 Å². The predicted octanol–water partition coefficient (Wildman–Crippen LogP) is 1.49. The van der Waals surface area contributed by atoms with Crippen molar-refractivity contribution in [2.75, 3.05) is 13.6 Å². The minimum atomic E-state index is -2.89. The van der Waals surface area contributed by atoms with Crippen molar-refractivity contribution < 1.29 is 8.42 Å². The Morgan fingerprint density at radius 3 is 2.20 bits per heavy atom. The van der Waals surface area contributed by atoms with Crippen LogP contribution in [0.15, 0.2) is 0 Å². The lowest BCUT2D eigenvalue weighted by Gasteiger charge is -2.42. The lowest BCUT2D eigenvalue weighted by Crippen LogP contribution is -2.54. The van der Waals surface area contributed by atoms with Crippen molar-refractivity contribution in [2.45, 2.75) is 54.9 Å². The molecule has 0 aromatic carbocycles. The summed E-state index contributed by atoms with van der Waals surface area (Å²) in [5, 5.41) is 3.02. The van der Waals surface area contributed by atoms with Gasteiger partial charge in [-0.3, -0.25) is 0 Å². The minimum Gasteiger partial charge on any atom is -0.318 e. The Hall–Kier alpha value is -0.0900. The first-order chi connectivity index (χ1) is 7.12. The maximum absolute atomic E-state index is 12.5. The summed E-state index contributed by atoms with van der Waals surface area (Å²) in [5.41, 5.74) is 0. The molecule has 0 aliphatic heterocycles. The van der Waals surface area contributed by atoms with Gasteiger partial charge >= 0.3 is 0 Å². The first-order valence-electron chi connectivity index (χ1n) is 6.00. The van der Waals surface area contributed by atoms with Crippen LogP contribution in [0, 0.1) is 0 Å². The van der Waals surface area contributed by atoms with Gasteiger partial charge in [0, 0.05) is 6.54 Å². The number of nitrogens with one attached hydrogen (secondary N) is 1. The highest BCUT2D eigenvalue weighted by molar-refractivity contribution is 7.93. The van der Waals surface area contributed by atoms with Crippen LogP contribution in [0.4, 0.5) is 0 Å². The van der Waals surface area contributed by atoms with Crippen molar-refractivity contribution in [1.82, 2.24) is 5.32 Å². The molecule has 2 rings (SSSR count). The van der Waals surface area contributed by atoms with Crippen molar-refractivity contribution in [3.8, 4) is 0 Å². The molecule has 0 bridgehead atoms. The van der Waals surface area contributed by atoms with Gasteiger partial charge in [-0.15, -0.1) is 0 Å². The standard InChI is InChI=1S/C11H21NO2S/c1-12-9-11(7-4-8-11)15(13,14)10-5-2-3-6-10/h10,12H,2-9H2,1H3. The molecule has 0 unspecified atom stereocenters. The van der Waals surface area contributed by atoms with Gasteiger partial charge in [0.05, 0.1) is 10.00 Å². The van der Waals surface area contributed by atoms with Crippen molar-refractivity contribution in [3.63, 3.8) is 0 Å². The van der Waals surface area contributed by atoms with Crippen LogP contribution < -0.4 is 5.32 Å². The molecular formula is C11H21NO2S. The highest BCUT2D eigenvalue weighted by atomic mass is 32.2. The third-order valence-corrected chi connectivity index (χ3v) is 7.22. The van der Waals surface area contributed by atoms with E-state index in [9.17, 15) is 8.42 Å². The Labute approximate surface area is 92.6 Å². The smallest absolute Gasteiger partial charge is 0.160 e. The fourth-order valence-corrected chi connectivity index (χ4v) is 5.87. The summed E-state index contributed by atoms with van der Waals surface area (Å²) in [4.78, 5) is 0. The van der Waals surface area contributed by atoms with Gasteiger partial charge < -0.3 is 5.32 Å². The van der Waals surface area contributed by atoms with Crippen LogP contribution in [0.5, 0.6) is 0 Å². The molecule has 3 nitrogen and oxygen atoms in total. The Morgan fingerprint density at radius 1 is 1.20 bits per heavy atom. The van der Waals surface area contributed by atoms with Crippen LogP contribution in [0.25, 0.3) is 0 Å². The molecule has 2 aliphatic carbocycles. The summed E-state index contributed by atoms with van der Waals surface area (Å²) in [6, 6.07) is 0. The van der Waals surface area contributed by atoms with Crippen molar-refractivity contribution in [3.05, 3.63) is 0 Å². The van der Waals surface area contributed by atoms with Gasteiger partial charge in [-0.2, -0.15) is 0 Å². The third-order valence-electron chi connectivity index (χ3n) is 4.11. The summed E-state index contributed by atoms with van der Waals surface area (Å²) < 4.78 is 24.6. The van der Waals surface area contributed by atoms with E-state index < -0.39 is 14.6 Å². The predicted molar refractivity (Wildman–Crippen MR) is 61.7 cm³/mol. The van der Waals surface area contributed by atoms with E-state index in [1.54, 1.807) is 0 Å². The average Bonchev–Trinajstić information content (AvgIpc) is 2.63. The topological polar surface area (TPSA) is 46.2 Å². The molecule has 2 saturated carbocycles. The maximum Gasteiger partial charge on any atom is 0.160 e. The van der Waals surface area contributed by atoms with Gasteiger partial charge in [-0.25, -0.2) is 8.42 Å². The second kappa shape index (κ2) is 4.06. The second-order valence-electron chi connectivity index (χ2n) is 5.02. The summed E-state index contributed by atoms with van der Waals surface area (Å²) in [6.07, 6.45) is 6.80. The number of rotatable bonds is 4. The van der Waals surface area contributed by atoms with Gasteiger partial charge in [-0.05, 0) is 32.7 Å². The maximum atomic E-state index is 12.5. The Bertz CT molecular complexity index is 313.